The van der Waals surface area contributed by atoms with Gasteiger partial charge in [0.2, 0.25) is 0 Å². The van der Waals surface area contributed by atoms with Gasteiger partial charge in [-0.3, -0.25) is 0 Å². The van der Waals surface area contributed by atoms with Gasteiger partial charge in [0.25, 0.3) is 0 Å². The van der Waals surface area contributed by atoms with Crippen molar-refractivity contribution in [3.63, 3.8) is 0 Å². The summed E-state index contributed by atoms with van der Waals surface area (Å²) in [7, 11) is 1.78. The Morgan fingerprint density at radius 3 is 2.54 bits per heavy atom. The zero-order valence-electron chi connectivity index (χ0n) is 13.5. The highest BCUT2D eigenvalue weighted by Gasteiger charge is 2.16. The second-order valence-corrected chi connectivity index (χ2v) is 6.63. The Morgan fingerprint density at radius 2 is 1.88 bits per heavy atom. The molecule has 1 heterocycles. The maximum atomic E-state index is 11.1. The van der Waals surface area contributed by atoms with Crippen molar-refractivity contribution in [2.45, 2.75) is 13.0 Å². The number of likely N-dealkylation sites (N-methyl/N-ethyl adjacent to an activating group) is 1. The molecule has 0 amide bonds. The number of thiazole rings is 1. The number of nitrogens with zero attached hydrogens (tertiary/aromatic N) is 2. The van der Waals surface area contributed by atoms with Gasteiger partial charge in [-0.1, -0.05) is 30.3 Å². The van der Waals surface area contributed by atoms with Crippen LogP contribution in [0.4, 0.5) is 5.69 Å². The fourth-order valence-electron chi connectivity index (χ4n) is 2.34. The Balaban J connectivity index is 1.75. The highest BCUT2D eigenvalue weighted by molar-refractivity contribution is 7.19. The van der Waals surface area contributed by atoms with E-state index in [9.17, 15) is 4.79 Å². The van der Waals surface area contributed by atoms with Gasteiger partial charge in [0.1, 0.15) is 11.0 Å². The third kappa shape index (κ3) is 3.46. The molecule has 0 radical (unpaired) electrons. The minimum atomic E-state index is -0.836. The van der Waals surface area contributed by atoms with E-state index in [2.05, 4.69) is 11.1 Å². The number of fused-ring (bicyclic) bond motifs is 1. The van der Waals surface area contributed by atoms with Crippen molar-refractivity contribution in [3.8, 4) is 0 Å². The van der Waals surface area contributed by atoms with Crippen LogP contribution >= 0.6 is 11.3 Å². The number of hydrogen-bond donors (Lipinski definition) is 1. The summed E-state index contributed by atoms with van der Waals surface area (Å²) in [6, 6.07) is 15.3. The number of anilines is 1. The molecule has 0 fully saturated rings. The molecule has 5 heteroatoms. The van der Waals surface area contributed by atoms with E-state index < -0.39 is 12.0 Å². The van der Waals surface area contributed by atoms with Crippen molar-refractivity contribution in [3.05, 3.63) is 59.1 Å². The van der Waals surface area contributed by atoms with Gasteiger partial charge in [0, 0.05) is 12.7 Å². The molecule has 3 aromatic rings. The first kappa shape index (κ1) is 16.2. The number of carbonyl (C=O) groups is 1. The van der Waals surface area contributed by atoms with Crippen LogP contribution in [-0.4, -0.2) is 29.1 Å². The lowest BCUT2D eigenvalue weighted by Crippen LogP contribution is -2.35. The molecule has 1 N–H and O–H groups in total. The minimum absolute atomic E-state index is 0.561. The maximum absolute atomic E-state index is 11.1. The molecule has 2 aromatic carbocycles. The summed E-state index contributed by atoms with van der Waals surface area (Å²) in [6.45, 7) is 1.67. The number of rotatable bonds is 5. The Labute approximate surface area is 144 Å². The molecule has 0 spiro atoms. The van der Waals surface area contributed by atoms with Crippen LogP contribution in [0.3, 0.4) is 0 Å². The fourth-order valence-corrected chi connectivity index (χ4v) is 3.21. The van der Waals surface area contributed by atoms with E-state index in [0.717, 1.165) is 21.8 Å². The monoisotopic (exact) mass is 338 g/mol. The summed E-state index contributed by atoms with van der Waals surface area (Å²) in [5.74, 6) is -0.836. The molecule has 1 unspecified atom stereocenters. The third-order valence-corrected chi connectivity index (χ3v) is 4.97. The van der Waals surface area contributed by atoms with Crippen LogP contribution in [0.15, 0.2) is 48.5 Å². The maximum Gasteiger partial charge on any atom is 0.326 e. The predicted molar refractivity (Wildman–Crippen MR) is 100 cm³/mol. The van der Waals surface area contributed by atoms with E-state index in [4.69, 9.17) is 5.11 Å². The number of carboxylic acid groups (broad SMARTS) is 1. The molecular weight excluding hydrogens is 320 g/mol. The predicted octanol–water partition coefficient (Wildman–Crippen LogP) is 4.38. The highest BCUT2D eigenvalue weighted by atomic mass is 32.1. The van der Waals surface area contributed by atoms with Crippen LogP contribution in [0.2, 0.25) is 0 Å². The Hall–Kier alpha value is -2.66. The first-order valence-electron chi connectivity index (χ1n) is 7.64. The second kappa shape index (κ2) is 6.84. The number of aliphatic carboxylic acids is 1. The Morgan fingerprint density at radius 1 is 1.17 bits per heavy atom. The molecular formula is C19H18N2O2S. The molecule has 0 saturated heterocycles. The lowest BCUT2D eigenvalue weighted by molar-refractivity contribution is -0.138. The first-order chi connectivity index (χ1) is 11.5. The number of aromatic nitrogens is 1. The normalized spacial score (nSPS) is 12.6. The van der Waals surface area contributed by atoms with E-state index in [-0.39, 0.29) is 0 Å². The number of hydrogen-bond acceptors (Lipinski definition) is 4. The van der Waals surface area contributed by atoms with Crippen LogP contribution in [0.5, 0.6) is 0 Å². The van der Waals surface area contributed by atoms with Gasteiger partial charge < -0.3 is 10.0 Å². The van der Waals surface area contributed by atoms with E-state index in [1.54, 1.807) is 30.2 Å². The molecule has 122 valence electrons. The second-order valence-electron chi connectivity index (χ2n) is 5.57. The van der Waals surface area contributed by atoms with Crippen LogP contribution in [-0.2, 0) is 4.79 Å². The molecule has 4 nitrogen and oxygen atoms in total. The average molecular weight is 338 g/mol. The molecule has 0 aliphatic heterocycles. The van der Waals surface area contributed by atoms with Gasteiger partial charge in [-0.15, -0.1) is 11.3 Å². The Kier molecular flexibility index (Phi) is 4.62. The van der Waals surface area contributed by atoms with E-state index in [0.29, 0.717) is 0 Å². The molecule has 0 saturated carbocycles. The molecule has 0 aliphatic rings. The third-order valence-electron chi connectivity index (χ3n) is 3.97. The van der Waals surface area contributed by atoms with Gasteiger partial charge in [-0.25, -0.2) is 9.78 Å². The summed E-state index contributed by atoms with van der Waals surface area (Å²) in [5.41, 5.74) is 2.94. The van der Waals surface area contributed by atoms with E-state index in [1.807, 2.05) is 54.6 Å². The summed E-state index contributed by atoms with van der Waals surface area (Å²) >= 11 is 1.66. The van der Waals surface area contributed by atoms with Crippen molar-refractivity contribution in [2.24, 2.45) is 0 Å². The number of benzene rings is 2. The zero-order chi connectivity index (χ0) is 17.1. The standard InChI is InChI=1S/C19H18N2O2S/c1-13(19(22)23)21(2)15-10-7-14(8-11-15)9-12-18-20-16-5-3-4-6-17(16)24-18/h3-13H,1-2H3,(H,22,23)/b12-9+. The van der Waals surface area contributed by atoms with Gasteiger partial charge in [-0.2, -0.15) is 0 Å². The SMILES string of the molecule is CC(C(=O)O)N(C)c1ccc(/C=C/c2nc3ccccc3s2)cc1. The Bertz CT molecular complexity index is 851. The van der Waals surface area contributed by atoms with Crippen molar-refractivity contribution in [2.75, 3.05) is 11.9 Å². The topological polar surface area (TPSA) is 53.4 Å². The molecule has 1 aromatic heterocycles. The summed E-state index contributed by atoms with van der Waals surface area (Å²) in [6.07, 6.45) is 4.02. The van der Waals surface area contributed by atoms with Crippen LogP contribution < -0.4 is 4.90 Å². The van der Waals surface area contributed by atoms with E-state index >= 15 is 0 Å². The van der Waals surface area contributed by atoms with Gasteiger partial charge >= 0.3 is 5.97 Å². The first-order valence-corrected chi connectivity index (χ1v) is 8.45. The average Bonchev–Trinajstić information content (AvgIpc) is 3.02. The van der Waals surface area contributed by atoms with Gasteiger partial charge in [0.15, 0.2) is 0 Å². The molecule has 0 bridgehead atoms. The van der Waals surface area contributed by atoms with Crippen molar-refractivity contribution < 1.29 is 9.90 Å². The van der Waals surface area contributed by atoms with E-state index in [1.165, 1.54) is 4.70 Å². The quantitative estimate of drug-likeness (QED) is 0.750. The lowest BCUT2D eigenvalue weighted by atomic mass is 10.1. The largest absolute Gasteiger partial charge is 0.480 e. The molecule has 0 aliphatic carbocycles. The van der Waals surface area contributed by atoms with Crippen LogP contribution in [0, 0.1) is 0 Å². The van der Waals surface area contributed by atoms with Gasteiger partial charge in [0.05, 0.1) is 10.2 Å². The number of para-hydroxylation sites is 1. The molecule has 24 heavy (non-hydrogen) atoms. The van der Waals surface area contributed by atoms with Gasteiger partial charge in [-0.05, 0) is 42.8 Å². The summed E-state index contributed by atoms with van der Waals surface area (Å²) < 4.78 is 1.18. The summed E-state index contributed by atoms with van der Waals surface area (Å²) in [4.78, 5) is 17.4. The highest BCUT2D eigenvalue weighted by Crippen LogP contribution is 2.23. The number of carboxylic acids is 1. The van der Waals surface area contributed by atoms with Crippen LogP contribution in [0.1, 0.15) is 17.5 Å². The minimum Gasteiger partial charge on any atom is -0.480 e. The van der Waals surface area contributed by atoms with Crippen LogP contribution in [0.25, 0.3) is 22.4 Å². The summed E-state index contributed by atoms with van der Waals surface area (Å²) in [5, 5.41) is 10.0. The van der Waals surface area contributed by atoms with Crippen molar-refractivity contribution in [1.29, 1.82) is 0 Å². The molecule has 1 atom stereocenters. The fraction of sp³-hybridized carbons (Fsp3) is 0.158. The smallest absolute Gasteiger partial charge is 0.326 e. The van der Waals surface area contributed by atoms with Crippen molar-refractivity contribution >= 4 is 45.4 Å². The zero-order valence-corrected chi connectivity index (χ0v) is 14.3. The van der Waals surface area contributed by atoms with Crippen molar-refractivity contribution in [1.82, 2.24) is 4.98 Å². The lowest BCUT2D eigenvalue weighted by Gasteiger charge is -2.23. The molecule has 3 rings (SSSR count).